The molecule has 1 N–H and O–H groups in total. The second-order valence-electron chi connectivity index (χ2n) is 10.5. The lowest BCUT2D eigenvalue weighted by Gasteiger charge is -2.64. The summed E-state index contributed by atoms with van der Waals surface area (Å²) in [7, 11) is 0. The number of hydrogen-bond acceptors (Lipinski definition) is 5. The zero-order valence-electron chi connectivity index (χ0n) is 15.5. The van der Waals surface area contributed by atoms with Crippen molar-refractivity contribution >= 4 is 11.6 Å². The highest BCUT2D eigenvalue weighted by molar-refractivity contribution is 5.99. The van der Waals surface area contributed by atoms with Gasteiger partial charge >= 0.3 is 0 Å². The minimum absolute atomic E-state index is 0.00204. The molecule has 0 aromatic rings. The zero-order chi connectivity index (χ0) is 18.0. The van der Waals surface area contributed by atoms with Gasteiger partial charge < -0.3 is 5.11 Å². The number of carbonyl (C=O) groups is 2. The van der Waals surface area contributed by atoms with E-state index in [1.807, 2.05) is 0 Å². The van der Waals surface area contributed by atoms with E-state index in [9.17, 15) is 14.7 Å². The highest BCUT2D eigenvalue weighted by Crippen LogP contribution is 2.66. The predicted molar refractivity (Wildman–Crippen MR) is 88.3 cm³/mol. The molecule has 7 atom stereocenters. The molecule has 0 amide bonds. The average molecular weight is 348 g/mol. The number of rotatable bonds is 0. The van der Waals surface area contributed by atoms with Crippen molar-refractivity contribution in [3.8, 4) is 0 Å². The minimum Gasteiger partial charge on any atom is -0.379 e. The quantitative estimate of drug-likeness (QED) is 0.681. The fraction of sp³-hybridized carbons (Fsp3) is 0.900. The molecule has 6 aliphatic carbocycles. The Hall–Kier alpha value is -0.780. The number of carbonyl (C=O) groups excluding carboxylic acids is 2. The molecule has 1 aliphatic heterocycles. The molecule has 1 saturated heterocycles. The minimum atomic E-state index is -1.51. The molecule has 7 aliphatic rings. The van der Waals surface area contributed by atoms with Crippen LogP contribution in [0.25, 0.3) is 0 Å². The summed E-state index contributed by atoms with van der Waals surface area (Å²) in [5, 5.41) is 11.4. The van der Waals surface area contributed by atoms with Crippen LogP contribution in [0.1, 0.15) is 59.8 Å². The summed E-state index contributed by atoms with van der Waals surface area (Å²) >= 11 is 0. The lowest BCUT2D eigenvalue weighted by atomic mass is 9.41. The Kier molecular flexibility index (Phi) is 2.87. The zero-order valence-corrected chi connectivity index (χ0v) is 15.5. The van der Waals surface area contributed by atoms with Gasteiger partial charge in [0.15, 0.2) is 22.8 Å². The van der Waals surface area contributed by atoms with Crippen LogP contribution in [0.15, 0.2) is 0 Å². The van der Waals surface area contributed by atoms with Crippen molar-refractivity contribution in [3.63, 3.8) is 0 Å². The third kappa shape index (κ3) is 1.67. The van der Waals surface area contributed by atoms with Gasteiger partial charge in [0.1, 0.15) is 6.10 Å². The molecule has 4 bridgehead atoms. The topological polar surface area (TPSA) is 72.8 Å². The maximum atomic E-state index is 13.2. The maximum Gasteiger partial charge on any atom is 0.172 e. The van der Waals surface area contributed by atoms with Crippen LogP contribution >= 0.6 is 0 Å². The molecule has 0 unspecified atom stereocenters. The molecule has 25 heavy (non-hydrogen) atoms. The largest absolute Gasteiger partial charge is 0.379 e. The number of Topliss-reactive ketones (excluding diaryl/α,β-unsaturated/α-hetero) is 2. The van der Waals surface area contributed by atoms with E-state index < -0.39 is 17.3 Å². The van der Waals surface area contributed by atoms with E-state index >= 15 is 0 Å². The average Bonchev–Trinajstić information content (AvgIpc) is 2.65. The van der Waals surface area contributed by atoms with Crippen LogP contribution in [0.5, 0.6) is 0 Å². The Morgan fingerprint density at radius 1 is 1.00 bits per heavy atom. The van der Waals surface area contributed by atoms with E-state index in [1.54, 1.807) is 0 Å². The van der Waals surface area contributed by atoms with Gasteiger partial charge in [-0.05, 0) is 48.3 Å². The number of aliphatic hydroxyl groups is 1. The van der Waals surface area contributed by atoms with Gasteiger partial charge in [0.25, 0.3) is 0 Å². The summed E-state index contributed by atoms with van der Waals surface area (Å²) in [6.07, 6.45) is 2.20. The normalized spacial score (nSPS) is 55.0. The first-order valence-electron chi connectivity index (χ1n) is 9.68. The monoisotopic (exact) mass is 348 g/mol. The molecule has 0 aromatic carbocycles. The molecule has 1 heterocycles. The van der Waals surface area contributed by atoms with E-state index in [1.165, 1.54) is 0 Å². The summed E-state index contributed by atoms with van der Waals surface area (Å²) in [5.41, 5.74) is -2.78. The van der Waals surface area contributed by atoms with Crippen molar-refractivity contribution in [1.29, 1.82) is 0 Å². The van der Waals surface area contributed by atoms with Gasteiger partial charge in [-0.1, -0.05) is 27.7 Å². The van der Waals surface area contributed by atoms with Gasteiger partial charge in [0.2, 0.25) is 0 Å². The number of ketones is 2. The Morgan fingerprint density at radius 3 is 2.32 bits per heavy atom. The fourth-order valence-corrected chi connectivity index (χ4v) is 6.75. The second kappa shape index (κ2) is 4.37. The highest BCUT2D eigenvalue weighted by Gasteiger charge is 2.72. The third-order valence-corrected chi connectivity index (χ3v) is 9.02. The fourth-order valence-electron chi connectivity index (χ4n) is 6.75. The van der Waals surface area contributed by atoms with Gasteiger partial charge in [-0.3, -0.25) is 9.59 Å². The summed E-state index contributed by atoms with van der Waals surface area (Å²) in [6.45, 7) is 8.50. The van der Waals surface area contributed by atoms with Crippen LogP contribution in [0, 0.1) is 34.5 Å². The van der Waals surface area contributed by atoms with E-state index in [2.05, 4.69) is 27.7 Å². The van der Waals surface area contributed by atoms with Crippen LogP contribution in [0.3, 0.4) is 0 Å². The van der Waals surface area contributed by atoms with Gasteiger partial charge in [-0.25, -0.2) is 9.78 Å². The first kappa shape index (κ1) is 16.4. The molecular formula is C20H28O5. The predicted octanol–water partition coefficient (Wildman–Crippen LogP) is 2.45. The first-order valence-corrected chi connectivity index (χ1v) is 9.68. The van der Waals surface area contributed by atoms with Crippen molar-refractivity contribution in [2.24, 2.45) is 34.5 Å². The lowest BCUT2D eigenvalue weighted by molar-refractivity contribution is -0.411. The van der Waals surface area contributed by atoms with Crippen molar-refractivity contribution in [1.82, 2.24) is 0 Å². The SMILES string of the molecule is CC1(C)[C@@H]2C[C@H]1C(=O)[C@]1(CC(=O)[C@]3(O)[C@@H](C[C@@H]4C[C@H]3C4(C)C)OO1)C2. The molecule has 7 rings (SSSR count). The summed E-state index contributed by atoms with van der Waals surface area (Å²) in [4.78, 5) is 37.8. The van der Waals surface area contributed by atoms with E-state index in [0.29, 0.717) is 24.7 Å². The molecule has 7 fully saturated rings. The summed E-state index contributed by atoms with van der Waals surface area (Å²) in [5.74, 6) is 0.372. The number of hydrogen-bond donors (Lipinski definition) is 1. The molecule has 0 aromatic heterocycles. The van der Waals surface area contributed by atoms with Crippen LogP contribution in [0.4, 0.5) is 0 Å². The van der Waals surface area contributed by atoms with Crippen molar-refractivity contribution in [3.05, 3.63) is 0 Å². The molecule has 6 saturated carbocycles. The molecular weight excluding hydrogens is 320 g/mol. The van der Waals surface area contributed by atoms with Gasteiger partial charge in [0, 0.05) is 18.3 Å². The standard InChI is InChI=1S/C20H28O5/c1-17(2)11-5-12(17)16(22)19(8-11)9-14(21)20(23)13-6-10(18(13,3)4)7-15(20)24-25-19/h10-13,15,23H,5-9H2,1-4H3/t10-,11+,12-,13-,15+,19+,20-/m0/s1. The highest BCUT2D eigenvalue weighted by atomic mass is 17.2. The summed E-state index contributed by atoms with van der Waals surface area (Å²) in [6, 6.07) is 0. The molecule has 138 valence electrons. The van der Waals surface area contributed by atoms with Crippen LogP contribution < -0.4 is 0 Å². The summed E-state index contributed by atoms with van der Waals surface area (Å²) < 4.78 is 0. The molecule has 1 spiro atoms. The smallest absolute Gasteiger partial charge is 0.172 e. The Balaban J connectivity index is 1.49. The maximum absolute atomic E-state index is 13.2. The van der Waals surface area contributed by atoms with Gasteiger partial charge in [-0.15, -0.1) is 0 Å². The van der Waals surface area contributed by atoms with Crippen LogP contribution in [-0.2, 0) is 19.4 Å². The lowest BCUT2D eigenvalue weighted by Crippen LogP contribution is -2.71. The third-order valence-electron chi connectivity index (χ3n) is 9.02. The first-order chi connectivity index (χ1) is 11.5. The van der Waals surface area contributed by atoms with Crippen LogP contribution in [0.2, 0.25) is 0 Å². The molecule has 5 nitrogen and oxygen atoms in total. The van der Waals surface area contributed by atoms with Crippen molar-refractivity contribution < 1.29 is 24.5 Å². The van der Waals surface area contributed by atoms with Crippen LogP contribution in [-0.4, -0.2) is 34.0 Å². The van der Waals surface area contributed by atoms with E-state index in [-0.39, 0.29) is 40.7 Å². The molecule has 0 radical (unpaired) electrons. The van der Waals surface area contributed by atoms with E-state index in [4.69, 9.17) is 9.78 Å². The molecule has 5 heteroatoms. The Labute approximate surface area is 148 Å². The second-order valence-corrected chi connectivity index (χ2v) is 10.5. The van der Waals surface area contributed by atoms with E-state index in [0.717, 1.165) is 12.8 Å². The van der Waals surface area contributed by atoms with Crippen molar-refractivity contribution in [2.75, 3.05) is 0 Å². The van der Waals surface area contributed by atoms with Gasteiger partial charge in [0.05, 0.1) is 0 Å². The Bertz CT molecular complexity index is 682. The van der Waals surface area contributed by atoms with Crippen molar-refractivity contribution in [2.45, 2.75) is 77.1 Å². The Morgan fingerprint density at radius 2 is 1.72 bits per heavy atom. The van der Waals surface area contributed by atoms with Gasteiger partial charge in [-0.2, -0.15) is 0 Å².